The van der Waals surface area contributed by atoms with Crippen LogP contribution in [0.4, 0.5) is 18.9 Å². The molecule has 1 heterocycles. The van der Waals surface area contributed by atoms with Gasteiger partial charge in [-0.3, -0.25) is 4.21 Å². The number of halogens is 4. The Balaban J connectivity index is 2.13. The highest BCUT2D eigenvalue weighted by molar-refractivity contribution is 7.85. The second-order valence-electron chi connectivity index (χ2n) is 4.46. The number of rotatable bonds is 2. The second-order valence-corrected chi connectivity index (χ2v) is 6.56. The number of nitrogens with one attached hydrogen (secondary N) is 1. The zero-order valence-electron chi connectivity index (χ0n) is 9.97. The van der Waals surface area contributed by atoms with E-state index in [2.05, 4.69) is 5.32 Å². The van der Waals surface area contributed by atoms with Gasteiger partial charge in [0.05, 0.1) is 16.3 Å². The van der Waals surface area contributed by atoms with E-state index in [0.29, 0.717) is 24.3 Å². The van der Waals surface area contributed by atoms with Crippen LogP contribution in [-0.4, -0.2) is 21.8 Å². The average molecular weight is 312 g/mol. The van der Waals surface area contributed by atoms with Crippen molar-refractivity contribution in [2.24, 2.45) is 0 Å². The first kappa shape index (κ1) is 14.7. The van der Waals surface area contributed by atoms with Crippen molar-refractivity contribution in [2.45, 2.75) is 25.1 Å². The number of hydrogen-bond donors (Lipinski definition) is 1. The predicted octanol–water partition coefficient (Wildman–Crippen LogP) is 3.68. The molecular weight excluding hydrogens is 299 g/mol. The van der Waals surface area contributed by atoms with Crippen molar-refractivity contribution < 1.29 is 17.4 Å². The number of anilines is 1. The molecule has 1 N–H and O–H groups in total. The van der Waals surface area contributed by atoms with Crippen LogP contribution in [0.3, 0.4) is 0 Å². The number of alkyl halides is 3. The summed E-state index contributed by atoms with van der Waals surface area (Å²) in [4.78, 5) is 0. The smallest absolute Gasteiger partial charge is 0.381 e. The fraction of sp³-hybridized carbons (Fsp3) is 0.500. The molecular formula is C12H13ClF3NOS. The standard InChI is InChI=1S/C12H13ClF3NOS/c13-10-2-1-8(12(14,15)16)7-11(10)17-9-3-5-19(18)6-4-9/h1-2,7,9,17H,3-6H2. The Hall–Kier alpha value is -0.750. The summed E-state index contributed by atoms with van der Waals surface area (Å²) in [6, 6.07) is 3.25. The first-order valence-corrected chi connectivity index (χ1v) is 7.71. The maximum atomic E-state index is 12.6. The van der Waals surface area contributed by atoms with Gasteiger partial charge in [-0.25, -0.2) is 0 Å². The Morgan fingerprint density at radius 3 is 2.47 bits per heavy atom. The van der Waals surface area contributed by atoms with Crippen LogP contribution in [0.1, 0.15) is 18.4 Å². The molecule has 0 aliphatic carbocycles. The Kier molecular flexibility index (Phi) is 4.40. The molecule has 1 aliphatic rings. The SMILES string of the molecule is O=S1CCC(Nc2cc(C(F)(F)F)ccc2Cl)CC1. The molecule has 1 aromatic rings. The predicted molar refractivity (Wildman–Crippen MR) is 71.0 cm³/mol. The van der Waals surface area contributed by atoms with Gasteiger partial charge in [-0.15, -0.1) is 0 Å². The van der Waals surface area contributed by atoms with Crippen LogP contribution in [-0.2, 0) is 17.0 Å². The number of benzene rings is 1. The van der Waals surface area contributed by atoms with E-state index in [9.17, 15) is 17.4 Å². The maximum Gasteiger partial charge on any atom is 0.416 e. The molecule has 7 heteroatoms. The lowest BCUT2D eigenvalue weighted by atomic mass is 10.1. The molecule has 0 unspecified atom stereocenters. The molecule has 1 aliphatic heterocycles. The van der Waals surface area contributed by atoms with Gasteiger partial charge in [0.25, 0.3) is 0 Å². The van der Waals surface area contributed by atoms with Crippen LogP contribution < -0.4 is 5.32 Å². The molecule has 1 aromatic carbocycles. The van der Waals surface area contributed by atoms with Crippen LogP contribution >= 0.6 is 11.6 Å². The highest BCUT2D eigenvalue weighted by Crippen LogP contribution is 2.34. The first-order valence-electron chi connectivity index (χ1n) is 5.84. The molecule has 2 nitrogen and oxygen atoms in total. The topological polar surface area (TPSA) is 29.1 Å². The highest BCUT2D eigenvalue weighted by Gasteiger charge is 2.31. The summed E-state index contributed by atoms with van der Waals surface area (Å²) < 4.78 is 49.1. The van der Waals surface area contributed by atoms with Crippen molar-refractivity contribution in [3.8, 4) is 0 Å². The van der Waals surface area contributed by atoms with Crippen molar-refractivity contribution in [3.63, 3.8) is 0 Å². The van der Waals surface area contributed by atoms with E-state index in [1.165, 1.54) is 6.07 Å². The molecule has 2 rings (SSSR count). The molecule has 1 saturated heterocycles. The minimum absolute atomic E-state index is 0.0266. The highest BCUT2D eigenvalue weighted by atomic mass is 35.5. The van der Waals surface area contributed by atoms with E-state index in [1.807, 2.05) is 0 Å². The third kappa shape index (κ3) is 3.86. The van der Waals surface area contributed by atoms with Crippen molar-refractivity contribution in [3.05, 3.63) is 28.8 Å². The van der Waals surface area contributed by atoms with Crippen molar-refractivity contribution in [1.29, 1.82) is 0 Å². The zero-order chi connectivity index (χ0) is 14.0. The quantitative estimate of drug-likeness (QED) is 0.902. The Morgan fingerprint density at radius 1 is 1.26 bits per heavy atom. The van der Waals surface area contributed by atoms with E-state index in [4.69, 9.17) is 11.6 Å². The van der Waals surface area contributed by atoms with Gasteiger partial charge in [0.15, 0.2) is 0 Å². The molecule has 0 bridgehead atoms. The Bertz CT molecular complexity index is 482. The maximum absolute atomic E-state index is 12.6. The van der Waals surface area contributed by atoms with Crippen LogP contribution in [0.25, 0.3) is 0 Å². The van der Waals surface area contributed by atoms with E-state index in [1.54, 1.807) is 0 Å². The van der Waals surface area contributed by atoms with Gasteiger partial charge in [-0.2, -0.15) is 13.2 Å². The minimum Gasteiger partial charge on any atom is -0.381 e. The third-order valence-corrected chi connectivity index (χ3v) is 4.75. The van der Waals surface area contributed by atoms with E-state index < -0.39 is 22.5 Å². The van der Waals surface area contributed by atoms with Crippen LogP contribution in [0.2, 0.25) is 5.02 Å². The third-order valence-electron chi connectivity index (χ3n) is 3.04. The largest absolute Gasteiger partial charge is 0.416 e. The van der Waals surface area contributed by atoms with E-state index in [0.717, 1.165) is 12.1 Å². The van der Waals surface area contributed by atoms with Crippen molar-refractivity contribution >= 4 is 28.1 Å². The zero-order valence-corrected chi connectivity index (χ0v) is 11.5. The lowest BCUT2D eigenvalue weighted by molar-refractivity contribution is -0.137. The van der Waals surface area contributed by atoms with Gasteiger partial charge in [0.2, 0.25) is 0 Å². The molecule has 0 amide bonds. The van der Waals surface area contributed by atoms with Crippen LogP contribution in [0.5, 0.6) is 0 Å². The molecule has 0 saturated carbocycles. The lowest BCUT2D eigenvalue weighted by Gasteiger charge is -2.24. The van der Waals surface area contributed by atoms with Gasteiger partial charge >= 0.3 is 6.18 Å². The van der Waals surface area contributed by atoms with Gasteiger partial charge < -0.3 is 5.32 Å². The molecule has 0 spiro atoms. The molecule has 106 valence electrons. The summed E-state index contributed by atoms with van der Waals surface area (Å²) in [5.41, 5.74) is -0.437. The Labute approximate surface area is 116 Å². The lowest BCUT2D eigenvalue weighted by Crippen LogP contribution is -2.29. The molecule has 0 aromatic heterocycles. The fourth-order valence-corrected chi connectivity index (χ4v) is 3.44. The van der Waals surface area contributed by atoms with Crippen LogP contribution in [0, 0.1) is 0 Å². The normalized spacial score (nSPS) is 24.2. The molecule has 0 atom stereocenters. The first-order chi connectivity index (χ1) is 8.86. The summed E-state index contributed by atoms with van der Waals surface area (Å²) in [6.07, 6.45) is -3.02. The molecule has 1 fully saturated rings. The van der Waals surface area contributed by atoms with Crippen molar-refractivity contribution in [1.82, 2.24) is 0 Å². The summed E-state index contributed by atoms with van der Waals surface area (Å²) in [6.45, 7) is 0. The van der Waals surface area contributed by atoms with Gasteiger partial charge in [0, 0.05) is 28.3 Å². The second kappa shape index (κ2) is 5.71. The van der Waals surface area contributed by atoms with E-state index in [-0.39, 0.29) is 16.8 Å². The summed E-state index contributed by atoms with van der Waals surface area (Å²) >= 11 is 5.90. The minimum atomic E-state index is -4.38. The van der Waals surface area contributed by atoms with Gasteiger partial charge in [-0.05, 0) is 31.0 Å². The fourth-order valence-electron chi connectivity index (χ4n) is 1.97. The monoisotopic (exact) mass is 311 g/mol. The Morgan fingerprint density at radius 2 is 1.89 bits per heavy atom. The van der Waals surface area contributed by atoms with Crippen molar-refractivity contribution in [2.75, 3.05) is 16.8 Å². The summed E-state index contributed by atoms with van der Waals surface area (Å²) in [5.74, 6) is 1.16. The van der Waals surface area contributed by atoms with Gasteiger partial charge in [0.1, 0.15) is 0 Å². The molecule has 0 radical (unpaired) electrons. The van der Waals surface area contributed by atoms with Crippen LogP contribution in [0.15, 0.2) is 18.2 Å². The number of hydrogen-bond acceptors (Lipinski definition) is 2. The summed E-state index contributed by atoms with van der Waals surface area (Å²) in [7, 11) is -0.796. The summed E-state index contributed by atoms with van der Waals surface area (Å²) in [5, 5.41) is 3.28. The van der Waals surface area contributed by atoms with Gasteiger partial charge in [-0.1, -0.05) is 11.6 Å². The average Bonchev–Trinajstić information content (AvgIpc) is 2.33. The molecule has 19 heavy (non-hydrogen) atoms. The van der Waals surface area contributed by atoms with E-state index >= 15 is 0 Å².